The first-order chi connectivity index (χ1) is 12.2. The monoisotopic (exact) mass is 379 g/mol. The third kappa shape index (κ3) is 5.13. The maximum atomic E-state index is 12.7. The van der Waals surface area contributed by atoms with Crippen LogP contribution >= 0.6 is 0 Å². The summed E-state index contributed by atoms with van der Waals surface area (Å²) in [4.78, 5) is 10.8. The highest BCUT2D eigenvalue weighted by molar-refractivity contribution is 7.92. The molecule has 0 radical (unpaired) electrons. The highest BCUT2D eigenvalue weighted by atomic mass is 32.2. The maximum Gasteiger partial charge on any atom is 0.307 e. The van der Waals surface area contributed by atoms with Crippen molar-refractivity contribution in [2.45, 2.75) is 31.3 Å². The number of methoxy groups -OCH3 is 1. The summed E-state index contributed by atoms with van der Waals surface area (Å²) in [5.41, 5.74) is 0.714. The van der Waals surface area contributed by atoms with Crippen molar-refractivity contribution >= 4 is 21.7 Å². The molecule has 0 saturated heterocycles. The van der Waals surface area contributed by atoms with Crippen LogP contribution in [0.2, 0.25) is 0 Å². The SMILES string of the molecule is COc1ccc(CC(=O)O)cc1S(=O)(=O)Nc1ccc(OC(C)C)cc1. The van der Waals surface area contributed by atoms with E-state index < -0.39 is 16.0 Å². The molecule has 2 N–H and O–H groups in total. The minimum Gasteiger partial charge on any atom is -0.495 e. The fourth-order valence-corrected chi connectivity index (χ4v) is 3.58. The van der Waals surface area contributed by atoms with E-state index in [4.69, 9.17) is 14.6 Å². The summed E-state index contributed by atoms with van der Waals surface area (Å²) >= 11 is 0. The Kier molecular flexibility index (Phi) is 6.10. The van der Waals surface area contributed by atoms with Crippen molar-refractivity contribution in [3.05, 3.63) is 48.0 Å². The quantitative estimate of drug-likeness (QED) is 0.731. The van der Waals surface area contributed by atoms with Crippen LogP contribution in [-0.4, -0.2) is 32.7 Å². The van der Waals surface area contributed by atoms with Gasteiger partial charge in [0.15, 0.2) is 0 Å². The number of anilines is 1. The third-order valence-corrected chi connectivity index (χ3v) is 4.75. The van der Waals surface area contributed by atoms with E-state index in [2.05, 4.69) is 4.72 Å². The molecule has 0 heterocycles. The molecule has 2 rings (SSSR count). The number of benzene rings is 2. The van der Waals surface area contributed by atoms with Gasteiger partial charge >= 0.3 is 5.97 Å². The van der Waals surface area contributed by atoms with Gasteiger partial charge in [0.25, 0.3) is 10.0 Å². The van der Waals surface area contributed by atoms with Crippen molar-refractivity contribution in [3.8, 4) is 11.5 Å². The Balaban J connectivity index is 2.30. The molecular weight excluding hydrogens is 358 g/mol. The van der Waals surface area contributed by atoms with Gasteiger partial charge in [0.05, 0.1) is 19.6 Å². The van der Waals surface area contributed by atoms with Crippen LogP contribution in [0.1, 0.15) is 19.4 Å². The fourth-order valence-electron chi connectivity index (χ4n) is 2.30. The predicted octanol–water partition coefficient (Wildman–Crippen LogP) is 2.91. The lowest BCUT2D eigenvalue weighted by Crippen LogP contribution is -2.15. The van der Waals surface area contributed by atoms with Crippen molar-refractivity contribution in [1.29, 1.82) is 0 Å². The van der Waals surface area contributed by atoms with Crippen molar-refractivity contribution in [3.63, 3.8) is 0 Å². The van der Waals surface area contributed by atoms with Gasteiger partial charge in [-0.3, -0.25) is 9.52 Å². The number of carbonyl (C=O) groups is 1. The molecular formula is C18H21NO6S. The van der Waals surface area contributed by atoms with Crippen LogP contribution in [0.25, 0.3) is 0 Å². The van der Waals surface area contributed by atoms with E-state index in [9.17, 15) is 13.2 Å². The molecule has 0 saturated carbocycles. The van der Waals surface area contributed by atoms with Crippen LogP contribution in [-0.2, 0) is 21.2 Å². The molecule has 0 bridgehead atoms. The molecule has 8 heteroatoms. The molecule has 26 heavy (non-hydrogen) atoms. The molecule has 0 aromatic heterocycles. The molecule has 0 unspecified atom stereocenters. The molecule has 7 nitrogen and oxygen atoms in total. The first kappa shape index (κ1) is 19.6. The topological polar surface area (TPSA) is 102 Å². The van der Waals surface area contributed by atoms with Gasteiger partial charge in [0.1, 0.15) is 16.4 Å². The van der Waals surface area contributed by atoms with Gasteiger partial charge < -0.3 is 14.6 Å². The summed E-state index contributed by atoms with van der Waals surface area (Å²) in [5.74, 6) is -0.289. The number of hydrogen-bond acceptors (Lipinski definition) is 5. The van der Waals surface area contributed by atoms with Crippen LogP contribution in [0.5, 0.6) is 11.5 Å². The Hall–Kier alpha value is -2.74. The molecule has 0 aliphatic heterocycles. The van der Waals surface area contributed by atoms with E-state index in [0.717, 1.165) is 0 Å². The second-order valence-corrected chi connectivity index (χ2v) is 7.50. The molecule has 140 valence electrons. The number of hydrogen-bond donors (Lipinski definition) is 2. The zero-order valence-corrected chi connectivity index (χ0v) is 15.5. The number of ether oxygens (including phenoxy) is 2. The second kappa shape index (κ2) is 8.09. The predicted molar refractivity (Wildman–Crippen MR) is 97.3 cm³/mol. The Labute approximate surface area is 152 Å². The van der Waals surface area contributed by atoms with Gasteiger partial charge in [-0.2, -0.15) is 0 Å². The van der Waals surface area contributed by atoms with Gasteiger partial charge in [-0.05, 0) is 55.8 Å². The maximum absolute atomic E-state index is 12.7. The van der Waals surface area contributed by atoms with Gasteiger partial charge in [-0.1, -0.05) is 6.07 Å². The summed E-state index contributed by atoms with van der Waals surface area (Å²) in [6, 6.07) is 10.7. The first-order valence-corrected chi connectivity index (χ1v) is 9.38. The molecule has 0 spiro atoms. The smallest absolute Gasteiger partial charge is 0.307 e. The first-order valence-electron chi connectivity index (χ1n) is 7.89. The summed E-state index contributed by atoms with van der Waals surface area (Å²) < 4.78 is 38.5. The Morgan fingerprint density at radius 1 is 1.15 bits per heavy atom. The second-order valence-electron chi connectivity index (χ2n) is 5.85. The lowest BCUT2D eigenvalue weighted by Gasteiger charge is -2.14. The lowest BCUT2D eigenvalue weighted by molar-refractivity contribution is -0.136. The number of carboxylic acids is 1. The molecule has 0 amide bonds. The van der Waals surface area contributed by atoms with Crippen molar-refractivity contribution in [2.75, 3.05) is 11.8 Å². The Morgan fingerprint density at radius 3 is 2.35 bits per heavy atom. The minimum absolute atomic E-state index is 0.0128. The van der Waals surface area contributed by atoms with E-state index >= 15 is 0 Å². The number of sulfonamides is 1. The highest BCUT2D eigenvalue weighted by Crippen LogP contribution is 2.28. The summed E-state index contributed by atoms with van der Waals surface area (Å²) in [7, 11) is -2.61. The van der Waals surface area contributed by atoms with Crippen LogP contribution in [0.15, 0.2) is 47.4 Å². The zero-order valence-electron chi connectivity index (χ0n) is 14.7. The number of carboxylic acid groups (broad SMARTS) is 1. The molecule has 0 aliphatic carbocycles. The largest absolute Gasteiger partial charge is 0.495 e. The molecule has 2 aromatic carbocycles. The summed E-state index contributed by atoms with van der Waals surface area (Å²) in [6.07, 6.45) is -0.271. The number of rotatable bonds is 8. The average Bonchev–Trinajstić information content (AvgIpc) is 2.55. The normalized spacial score (nSPS) is 11.2. The van der Waals surface area contributed by atoms with Crippen molar-refractivity contribution in [2.24, 2.45) is 0 Å². The van der Waals surface area contributed by atoms with Crippen LogP contribution in [0.4, 0.5) is 5.69 Å². The van der Waals surface area contributed by atoms with Gasteiger partial charge in [0, 0.05) is 5.69 Å². The van der Waals surface area contributed by atoms with E-state index in [1.807, 2.05) is 13.8 Å². The average molecular weight is 379 g/mol. The third-order valence-electron chi connectivity index (χ3n) is 3.35. The van der Waals surface area contributed by atoms with Crippen molar-refractivity contribution < 1.29 is 27.8 Å². The lowest BCUT2D eigenvalue weighted by atomic mass is 10.1. The molecule has 0 aliphatic rings. The standard InChI is InChI=1S/C18H21NO6S/c1-12(2)25-15-7-5-14(6-8-15)19-26(22,23)17-10-13(11-18(20)21)4-9-16(17)24-3/h4-10,12,19H,11H2,1-3H3,(H,20,21). The zero-order chi connectivity index (χ0) is 19.3. The van der Waals surface area contributed by atoms with Crippen LogP contribution in [0, 0.1) is 0 Å². The van der Waals surface area contributed by atoms with E-state index in [1.54, 1.807) is 24.3 Å². The Bertz CT molecular complexity index is 875. The number of aliphatic carboxylic acids is 1. The molecule has 2 aromatic rings. The summed E-state index contributed by atoms with van der Waals surface area (Å²) in [6.45, 7) is 3.79. The molecule has 0 fully saturated rings. The number of nitrogens with one attached hydrogen (secondary N) is 1. The minimum atomic E-state index is -3.96. The molecule has 0 atom stereocenters. The van der Waals surface area contributed by atoms with Gasteiger partial charge in [-0.15, -0.1) is 0 Å². The summed E-state index contributed by atoms with van der Waals surface area (Å²) in [5, 5.41) is 8.90. The van der Waals surface area contributed by atoms with E-state index in [0.29, 0.717) is 17.0 Å². The van der Waals surface area contributed by atoms with Gasteiger partial charge in [0.2, 0.25) is 0 Å². The van der Waals surface area contributed by atoms with Gasteiger partial charge in [-0.25, -0.2) is 8.42 Å². The highest BCUT2D eigenvalue weighted by Gasteiger charge is 2.21. The van der Waals surface area contributed by atoms with Crippen LogP contribution < -0.4 is 14.2 Å². The van der Waals surface area contributed by atoms with E-state index in [-0.39, 0.29) is 23.2 Å². The Morgan fingerprint density at radius 2 is 1.81 bits per heavy atom. The van der Waals surface area contributed by atoms with Crippen LogP contribution in [0.3, 0.4) is 0 Å². The van der Waals surface area contributed by atoms with E-state index in [1.165, 1.54) is 25.3 Å². The fraction of sp³-hybridized carbons (Fsp3) is 0.278. The van der Waals surface area contributed by atoms with Crippen molar-refractivity contribution in [1.82, 2.24) is 0 Å².